The van der Waals surface area contributed by atoms with E-state index in [4.69, 9.17) is 4.98 Å². The summed E-state index contributed by atoms with van der Waals surface area (Å²) in [5.41, 5.74) is 17.7. The van der Waals surface area contributed by atoms with Crippen LogP contribution in [-0.4, -0.2) is 9.55 Å². The molecule has 0 fully saturated rings. The van der Waals surface area contributed by atoms with Gasteiger partial charge >= 0.3 is 0 Å². The quantitative estimate of drug-likeness (QED) is 0.128. The van der Waals surface area contributed by atoms with Crippen LogP contribution in [0, 0.1) is 18.8 Å². The molecule has 12 rings (SSSR count). The van der Waals surface area contributed by atoms with Gasteiger partial charge < -0.3 is 14.4 Å². The van der Waals surface area contributed by atoms with Gasteiger partial charge in [0.05, 0.1) is 0 Å². The summed E-state index contributed by atoms with van der Waals surface area (Å²) in [7, 11) is 0. The number of rotatable bonds is 10. The van der Waals surface area contributed by atoms with Gasteiger partial charge in [-0.1, -0.05) is 189 Å². The first-order valence-corrected chi connectivity index (χ1v) is 23.3. The number of hydrogen-bond acceptors (Lipinski definition) is 3. The molecule has 0 saturated carbocycles. The number of nitrogens with zero attached hydrogens (tertiary/aromatic N) is 4. The molecule has 336 valence electrons. The van der Waals surface area contributed by atoms with E-state index in [1.165, 1.54) is 16.5 Å². The summed E-state index contributed by atoms with van der Waals surface area (Å²) in [5, 5.41) is 2.33. The summed E-state index contributed by atoms with van der Waals surface area (Å²) in [6.07, 6.45) is 2.58. The minimum atomic E-state index is -0.219. The van der Waals surface area contributed by atoms with E-state index in [-0.39, 0.29) is 26.5 Å². The molecule has 9 aromatic carbocycles. The van der Waals surface area contributed by atoms with Gasteiger partial charge in [-0.05, 0) is 70.0 Å². The molecule has 0 radical (unpaired) electrons. The predicted octanol–water partition coefficient (Wildman–Crippen LogP) is 16.1. The van der Waals surface area contributed by atoms with Crippen LogP contribution in [0.1, 0.15) is 36.1 Å². The van der Waals surface area contributed by atoms with E-state index in [0.29, 0.717) is 6.42 Å². The monoisotopic (exact) mass is 1070 g/mol. The first-order valence-electron chi connectivity index (χ1n) is 23.3. The zero-order valence-electron chi connectivity index (χ0n) is 38.3. The van der Waals surface area contributed by atoms with Gasteiger partial charge in [-0.3, -0.25) is 0 Å². The second-order valence-electron chi connectivity index (χ2n) is 18.1. The maximum absolute atomic E-state index is 5.02. The predicted molar refractivity (Wildman–Crippen MR) is 282 cm³/mol. The molecule has 0 N–H and O–H groups in total. The van der Waals surface area contributed by atoms with Crippen molar-refractivity contribution in [1.82, 2.24) is 9.55 Å². The number of aromatic nitrogens is 2. The van der Waals surface area contributed by atoms with Gasteiger partial charge in [0.25, 0.3) is 0 Å². The number of fused-ring (bicyclic) bond motifs is 4. The van der Waals surface area contributed by atoms with Crippen molar-refractivity contribution in [2.75, 3.05) is 9.80 Å². The SMILES string of the molecule is CC(C)(c1ccccc1)c1ccnc(-n2c3[c-]c(Cc4[c-]c(N5[CH-]N(c6c(-c7ccccc7)cccc6-c6ccccc6)c6ccccc65)cc(-c5ccccc5)c4)ccc3c3ccccc32)c1.[Pt]. The molecule has 0 spiro atoms. The number of benzene rings is 9. The second kappa shape index (κ2) is 18.4. The zero-order valence-corrected chi connectivity index (χ0v) is 40.6. The molecule has 3 heterocycles. The molecule has 0 aliphatic carbocycles. The molecule has 1 aliphatic heterocycles. The van der Waals surface area contributed by atoms with E-state index >= 15 is 0 Å². The van der Waals surface area contributed by atoms with Crippen molar-refractivity contribution in [1.29, 1.82) is 0 Å². The summed E-state index contributed by atoms with van der Waals surface area (Å²) in [6, 6.07) is 88.1. The Morgan fingerprint density at radius 2 is 1.07 bits per heavy atom. The van der Waals surface area contributed by atoms with Crippen LogP contribution in [0.15, 0.2) is 231 Å². The molecule has 5 heteroatoms. The maximum Gasteiger partial charge on any atom is 0.135 e. The van der Waals surface area contributed by atoms with Crippen molar-refractivity contribution in [3.8, 4) is 39.2 Å². The summed E-state index contributed by atoms with van der Waals surface area (Å²) in [6.45, 7) is 6.82. The Morgan fingerprint density at radius 1 is 0.478 bits per heavy atom. The molecule has 4 nitrogen and oxygen atoms in total. The Morgan fingerprint density at radius 3 is 1.75 bits per heavy atom. The number of anilines is 4. The number of para-hydroxylation sites is 4. The van der Waals surface area contributed by atoms with Crippen molar-refractivity contribution in [2.45, 2.75) is 25.7 Å². The molecule has 0 saturated heterocycles. The molecule has 0 bridgehead atoms. The van der Waals surface area contributed by atoms with E-state index in [1.807, 2.05) is 6.20 Å². The maximum atomic E-state index is 5.02. The third-order valence-corrected chi connectivity index (χ3v) is 13.6. The minimum Gasteiger partial charge on any atom is -0.493 e. The summed E-state index contributed by atoms with van der Waals surface area (Å²) in [4.78, 5) is 9.70. The van der Waals surface area contributed by atoms with Crippen LogP contribution >= 0.6 is 0 Å². The number of pyridine rings is 1. The molecule has 69 heavy (non-hydrogen) atoms. The Kier molecular flexibility index (Phi) is 11.7. The molecule has 11 aromatic rings. The molecule has 1 aliphatic rings. The third-order valence-electron chi connectivity index (χ3n) is 13.6. The van der Waals surface area contributed by atoms with Crippen LogP contribution in [-0.2, 0) is 32.9 Å². The Bertz CT molecular complexity index is 3550. The molecule has 0 unspecified atom stereocenters. The van der Waals surface area contributed by atoms with E-state index in [2.05, 4.69) is 271 Å². The van der Waals surface area contributed by atoms with E-state index in [9.17, 15) is 0 Å². The van der Waals surface area contributed by atoms with Crippen molar-refractivity contribution in [3.63, 3.8) is 0 Å². The van der Waals surface area contributed by atoms with E-state index < -0.39 is 0 Å². The Balaban J connectivity index is 0.00000520. The average molecular weight is 1070 g/mol. The fourth-order valence-electron chi connectivity index (χ4n) is 10.1. The van der Waals surface area contributed by atoms with E-state index in [1.54, 1.807) is 0 Å². The minimum absolute atomic E-state index is 0. The van der Waals surface area contributed by atoms with Gasteiger partial charge in [0.2, 0.25) is 0 Å². The zero-order chi connectivity index (χ0) is 45.6. The largest absolute Gasteiger partial charge is 0.493 e. The van der Waals surface area contributed by atoms with Crippen molar-refractivity contribution in [2.24, 2.45) is 0 Å². The normalized spacial score (nSPS) is 12.3. The average Bonchev–Trinajstić information content (AvgIpc) is 3.95. The van der Waals surface area contributed by atoms with Crippen molar-refractivity contribution >= 4 is 44.6 Å². The van der Waals surface area contributed by atoms with Gasteiger partial charge in [0.1, 0.15) is 5.82 Å². The summed E-state index contributed by atoms with van der Waals surface area (Å²) >= 11 is 0. The van der Waals surface area contributed by atoms with Crippen LogP contribution in [0.5, 0.6) is 0 Å². The third kappa shape index (κ3) is 8.05. The fraction of sp³-hybridized carbons (Fsp3) is 0.0625. The standard InChI is InChI=1S/C64H47N4.Pt/c1-64(2,51-26-13-6-14-27-51)52-36-37-65-62(43-52)68-58-31-16-15-28-56(58)57-35-34-45(41-61(57)68)38-46-39-50(47-20-7-3-8-21-47)42-53(40-46)66-44-67(60-33-18-17-32-59(60)66)63-54(48-22-9-4-10-23-48)29-19-30-55(63)49-24-11-5-12-25-49;/h3-37,39,42-44H,38H2,1-2H3;/q-3;. The van der Waals surface area contributed by atoms with Gasteiger partial charge in [0.15, 0.2) is 0 Å². The topological polar surface area (TPSA) is 24.3 Å². The fourth-order valence-corrected chi connectivity index (χ4v) is 10.1. The first-order chi connectivity index (χ1) is 33.5. The summed E-state index contributed by atoms with van der Waals surface area (Å²) < 4.78 is 2.29. The van der Waals surface area contributed by atoms with Crippen LogP contribution in [0.2, 0.25) is 0 Å². The Labute approximate surface area is 419 Å². The second-order valence-corrected chi connectivity index (χ2v) is 18.1. The molecule has 0 amide bonds. The van der Waals surface area contributed by atoms with Crippen molar-refractivity contribution < 1.29 is 21.1 Å². The van der Waals surface area contributed by atoms with Crippen molar-refractivity contribution in [3.05, 3.63) is 272 Å². The van der Waals surface area contributed by atoms with Crippen LogP contribution in [0.4, 0.5) is 22.7 Å². The van der Waals surface area contributed by atoms with Crippen LogP contribution in [0.25, 0.3) is 61.0 Å². The van der Waals surface area contributed by atoms with Gasteiger partial charge in [-0.2, -0.15) is 41.5 Å². The number of hydrogen-bond donors (Lipinski definition) is 0. The molecule has 2 aromatic heterocycles. The molecular weight excluding hydrogens is 1020 g/mol. The van der Waals surface area contributed by atoms with Crippen LogP contribution in [0.3, 0.4) is 0 Å². The van der Waals surface area contributed by atoms with Gasteiger partial charge in [0, 0.05) is 66.4 Å². The Hall–Kier alpha value is -7.78. The van der Waals surface area contributed by atoms with Crippen LogP contribution < -0.4 is 9.80 Å². The first kappa shape index (κ1) is 43.8. The summed E-state index contributed by atoms with van der Waals surface area (Å²) in [5.74, 6) is 0.878. The van der Waals surface area contributed by atoms with E-state index in [0.717, 1.165) is 89.5 Å². The molecular formula is C64H47N4Pt-3. The van der Waals surface area contributed by atoms with Gasteiger partial charge in [-0.15, -0.1) is 29.4 Å². The van der Waals surface area contributed by atoms with Gasteiger partial charge in [-0.25, -0.2) is 4.98 Å². The molecule has 0 atom stereocenters. The smallest absolute Gasteiger partial charge is 0.135 e.